The van der Waals surface area contributed by atoms with Gasteiger partial charge in [0.15, 0.2) is 0 Å². The van der Waals surface area contributed by atoms with Gasteiger partial charge in [0.2, 0.25) is 0 Å². The van der Waals surface area contributed by atoms with E-state index in [1.807, 2.05) is 36.4 Å². The molecule has 0 atom stereocenters. The summed E-state index contributed by atoms with van der Waals surface area (Å²) in [4.78, 5) is 4.24. The normalized spacial score (nSPS) is 10.5. The van der Waals surface area contributed by atoms with E-state index in [0.29, 0.717) is 13.2 Å². The van der Waals surface area contributed by atoms with Crippen LogP contribution in [-0.2, 0) is 17.8 Å². The molecule has 0 bridgehead atoms. The minimum absolute atomic E-state index is 0.574. The molecule has 94 valence electrons. The van der Waals surface area contributed by atoms with Gasteiger partial charge in [0, 0.05) is 28.5 Å². The molecule has 2 aromatic rings. The quantitative estimate of drug-likeness (QED) is 0.682. The van der Waals surface area contributed by atoms with Crippen LogP contribution in [0.25, 0.3) is 0 Å². The number of aromatic nitrogens is 1. The Hall–Kier alpha value is -1.39. The fourth-order valence-corrected chi connectivity index (χ4v) is 1.84. The molecular weight excluding hydrogens is 292 g/mol. The molecular formula is C14H15BrN2O. The van der Waals surface area contributed by atoms with Gasteiger partial charge < -0.3 is 10.5 Å². The highest BCUT2D eigenvalue weighted by Crippen LogP contribution is 2.20. The van der Waals surface area contributed by atoms with Crippen molar-refractivity contribution in [3.05, 3.63) is 58.3 Å². The van der Waals surface area contributed by atoms with Crippen LogP contribution < -0.4 is 5.73 Å². The van der Waals surface area contributed by atoms with E-state index >= 15 is 0 Å². The van der Waals surface area contributed by atoms with Crippen molar-refractivity contribution in [2.45, 2.75) is 13.0 Å². The summed E-state index contributed by atoms with van der Waals surface area (Å²) in [5.74, 6) is 0. The van der Waals surface area contributed by atoms with Crippen LogP contribution in [0, 0.1) is 0 Å². The molecule has 0 saturated heterocycles. The van der Waals surface area contributed by atoms with Crippen LogP contribution in [-0.4, -0.2) is 11.6 Å². The maximum absolute atomic E-state index is 5.80. The minimum Gasteiger partial charge on any atom is -0.398 e. The van der Waals surface area contributed by atoms with Crippen molar-refractivity contribution in [1.29, 1.82) is 0 Å². The summed E-state index contributed by atoms with van der Waals surface area (Å²) >= 11 is 3.37. The number of nitrogens with zero attached hydrogens (tertiary/aromatic N) is 1. The molecule has 4 heteroatoms. The maximum atomic E-state index is 5.80. The molecule has 0 aliphatic carbocycles. The first kappa shape index (κ1) is 13.1. The average Bonchev–Trinajstić information content (AvgIpc) is 2.40. The molecule has 0 saturated carbocycles. The van der Waals surface area contributed by atoms with Crippen LogP contribution in [0.4, 0.5) is 5.69 Å². The number of anilines is 1. The van der Waals surface area contributed by atoms with Gasteiger partial charge in [-0.3, -0.25) is 4.98 Å². The lowest BCUT2D eigenvalue weighted by molar-refractivity contribution is 0.123. The highest BCUT2D eigenvalue weighted by atomic mass is 79.9. The van der Waals surface area contributed by atoms with Crippen molar-refractivity contribution in [1.82, 2.24) is 4.98 Å². The largest absolute Gasteiger partial charge is 0.398 e. The first-order valence-corrected chi connectivity index (χ1v) is 6.56. The van der Waals surface area contributed by atoms with Gasteiger partial charge in [-0.2, -0.15) is 0 Å². The third-order valence-corrected chi connectivity index (χ3v) is 3.28. The van der Waals surface area contributed by atoms with Crippen molar-refractivity contribution in [3.63, 3.8) is 0 Å². The van der Waals surface area contributed by atoms with Crippen LogP contribution in [0.1, 0.15) is 11.3 Å². The third kappa shape index (κ3) is 3.82. The number of halogens is 1. The Morgan fingerprint density at radius 3 is 2.83 bits per heavy atom. The maximum Gasteiger partial charge on any atom is 0.0717 e. The number of pyridine rings is 1. The average molecular weight is 307 g/mol. The second-order valence-electron chi connectivity index (χ2n) is 3.98. The van der Waals surface area contributed by atoms with E-state index in [0.717, 1.165) is 27.8 Å². The van der Waals surface area contributed by atoms with E-state index in [2.05, 4.69) is 20.9 Å². The fourth-order valence-electron chi connectivity index (χ4n) is 1.60. The Morgan fingerprint density at radius 1 is 1.22 bits per heavy atom. The van der Waals surface area contributed by atoms with Gasteiger partial charge in [-0.15, -0.1) is 0 Å². The van der Waals surface area contributed by atoms with Gasteiger partial charge in [0.05, 0.1) is 13.2 Å². The Bertz CT molecular complexity index is 502. The van der Waals surface area contributed by atoms with Gasteiger partial charge in [0.25, 0.3) is 0 Å². The molecule has 0 radical (unpaired) electrons. The first-order valence-electron chi connectivity index (χ1n) is 5.77. The second-order valence-corrected chi connectivity index (χ2v) is 4.83. The second kappa shape index (κ2) is 6.52. The first-order chi connectivity index (χ1) is 8.75. The lowest BCUT2D eigenvalue weighted by atomic mass is 10.2. The van der Waals surface area contributed by atoms with Crippen LogP contribution in [0.2, 0.25) is 0 Å². The van der Waals surface area contributed by atoms with E-state index in [9.17, 15) is 0 Å². The molecule has 18 heavy (non-hydrogen) atoms. The molecule has 0 amide bonds. The number of nitrogen functional groups attached to an aromatic ring is 1. The van der Waals surface area contributed by atoms with Gasteiger partial charge in [-0.1, -0.05) is 12.1 Å². The molecule has 0 aliphatic rings. The van der Waals surface area contributed by atoms with Crippen LogP contribution >= 0.6 is 15.9 Å². The molecule has 1 aromatic carbocycles. The summed E-state index contributed by atoms with van der Waals surface area (Å²) in [7, 11) is 0. The standard InChI is InChI=1S/C14H15BrN2O/c15-13-5-4-11(9-14(13)16)10-18-8-6-12-3-1-2-7-17-12/h1-5,7,9H,6,8,10,16H2. The van der Waals surface area contributed by atoms with E-state index in [-0.39, 0.29) is 0 Å². The Kier molecular flexibility index (Phi) is 4.73. The van der Waals surface area contributed by atoms with Crippen LogP contribution in [0.3, 0.4) is 0 Å². The van der Waals surface area contributed by atoms with Crippen LogP contribution in [0.15, 0.2) is 47.1 Å². The zero-order valence-electron chi connectivity index (χ0n) is 9.97. The van der Waals surface area contributed by atoms with Gasteiger partial charge in [0.1, 0.15) is 0 Å². The lowest BCUT2D eigenvalue weighted by Crippen LogP contribution is -2.01. The zero-order valence-corrected chi connectivity index (χ0v) is 11.6. The lowest BCUT2D eigenvalue weighted by Gasteiger charge is -2.06. The number of benzene rings is 1. The van der Waals surface area contributed by atoms with Gasteiger partial charge >= 0.3 is 0 Å². The van der Waals surface area contributed by atoms with Gasteiger partial charge in [-0.25, -0.2) is 0 Å². The van der Waals surface area contributed by atoms with Crippen molar-refractivity contribution >= 4 is 21.6 Å². The van der Waals surface area contributed by atoms with Crippen molar-refractivity contribution < 1.29 is 4.74 Å². The molecule has 2 N–H and O–H groups in total. The SMILES string of the molecule is Nc1cc(COCCc2ccccn2)ccc1Br. The summed E-state index contributed by atoms with van der Waals surface area (Å²) < 4.78 is 6.52. The van der Waals surface area contributed by atoms with Crippen molar-refractivity contribution in [2.75, 3.05) is 12.3 Å². The molecule has 2 rings (SSSR count). The van der Waals surface area contributed by atoms with Gasteiger partial charge in [-0.05, 0) is 45.8 Å². The number of nitrogens with two attached hydrogens (primary N) is 1. The monoisotopic (exact) mass is 306 g/mol. The predicted octanol–water partition coefficient (Wildman–Crippen LogP) is 3.19. The number of ether oxygens (including phenoxy) is 1. The summed E-state index contributed by atoms with van der Waals surface area (Å²) in [5, 5.41) is 0. The Labute approximate surface area is 115 Å². The summed E-state index contributed by atoms with van der Waals surface area (Å²) in [6.07, 6.45) is 2.62. The molecule has 0 aliphatic heterocycles. The summed E-state index contributed by atoms with van der Waals surface area (Å²) in [6.45, 7) is 1.23. The van der Waals surface area contributed by atoms with Crippen molar-refractivity contribution in [3.8, 4) is 0 Å². The summed E-state index contributed by atoms with van der Waals surface area (Å²) in [5.41, 5.74) is 8.67. The summed E-state index contributed by atoms with van der Waals surface area (Å²) in [6, 6.07) is 11.8. The highest BCUT2D eigenvalue weighted by molar-refractivity contribution is 9.10. The topological polar surface area (TPSA) is 48.1 Å². The number of hydrogen-bond acceptors (Lipinski definition) is 3. The number of hydrogen-bond donors (Lipinski definition) is 1. The molecule has 0 unspecified atom stereocenters. The van der Waals surface area contributed by atoms with Crippen LogP contribution in [0.5, 0.6) is 0 Å². The van der Waals surface area contributed by atoms with E-state index in [1.54, 1.807) is 6.20 Å². The van der Waals surface area contributed by atoms with E-state index < -0.39 is 0 Å². The highest BCUT2D eigenvalue weighted by Gasteiger charge is 1.99. The molecule has 3 nitrogen and oxygen atoms in total. The fraction of sp³-hybridized carbons (Fsp3) is 0.214. The predicted molar refractivity (Wildman–Crippen MR) is 76.2 cm³/mol. The third-order valence-electron chi connectivity index (χ3n) is 2.56. The van der Waals surface area contributed by atoms with E-state index in [4.69, 9.17) is 10.5 Å². The Balaban J connectivity index is 1.77. The number of rotatable bonds is 5. The molecule has 1 heterocycles. The van der Waals surface area contributed by atoms with Crippen molar-refractivity contribution in [2.24, 2.45) is 0 Å². The molecule has 0 spiro atoms. The van der Waals surface area contributed by atoms with E-state index in [1.165, 1.54) is 0 Å². The smallest absolute Gasteiger partial charge is 0.0717 e. The Morgan fingerprint density at radius 2 is 2.11 bits per heavy atom. The molecule has 0 fully saturated rings. The molecule has 1 aromatic heterocycles. The zero-order chi connectivity index (χ0) is 12.8. The minimum atomic E-state index is 0.574.